The Hall–Kier alpha value is -3.03. The van der Waals surface area contributed by atoms with Gasteiger partial charge in [-0.15, -0.1) is 11.8 Å². The highest BCUT2D eigenvalue weighted by atomic mass is 35.5. The van der Waals surface area contributed by atoms with Gasteiger partial charge in [-0.05, 0) is 60.7 Å². The molecule has 8 heteroatoms. The van der Waals surface area contributed by atoms with Crippen molar-refractivity contribution in [3.8, 4) is 5.75 Å². The molecule has 0 saturated heterocycles. The third-order valence-corrected chi connectivity index (χ3v) is 5.06. The maximum Gasteiger partial charge on any atom is 0.255 e. The molecule has 1 heterocycles. The quantitative estimate of drug-likeness (QED) is 0.533. The summed E-state index contributed by atoms with van der Waals surface area (Å²) in [6.45, 7) is 0. The van der Waals surface area contributed by atoms with Crippen molar-refractivity contribution in [3.63, 3.8) is 0 Å². The van der Waals surface area contributed by atoms with Crippen LogP contribution in [-0.4, -0.2) is 29.7 Å². The molecule has 0 radical (unpaired) electrons. The summed E-state index contributed by atoms with van der Waals surface area (Å²) in [7, 11) is 1.58. The van der Waals surface area contributed by atoms with Gasteiger partial charge in [0.05, 0.1) is 17.9 Å². The maximum absolute atomic E-state index is 12.3. The summed E-state index contributed by atoms with van der Waals surface area (Å²) in [4.78, 5) is 29.2. The number of nitrogens with zero attached hydrogens (tertiary/aromatic N) is 1. The lowest BCUT2D eigenvalue weighted by molar-refractivity contribution is -0.113. The first kappa shape index (κ1) is 20.7. The number of pyridine rings is 1. The van der Waals surface area contributed by atoms with Gasteiger partial charge in [-0.3, -0.25) is 9.59 Å². The minimum absolute atomic E-state index is 0.165. The third-order valence-electron chi connectivity index (χ3n) is 3.83. The summed E-state index contributed by atoms with van der Waals surface area (Å²) in [5.74, 6) is 1.02. The lowest BCUT2D eigenvalue weighted by atomic mass is 10.2. The fourth-order valence-electron chi connectivity index (χ4n) is 2.36. The van der Waals surface area contributed by atoms with Crippen LogP contribution in [0.25, 0.3) is 0 Å². The Kier molecular flexibility index (Phi) is 7.10. The fraction of sp³-hybridized carbons (Fsp3) is 0.0952. The second-order valence-electron chi connectivity index (χ2n) is 5.91. The van der Waals surface area contributed by atoms with E-state index in [9.17, 15) is 9.59 Å². The summed E-state index contributed by atoms with van der Waals surface area (Å²) in [6.07, 6.45) is 1.48. The second kappa shape index (κ2) is 9.95. The van der Waals surface area contributed by atoms with Crippen LogP contribution < -0.4 is 15.4 Å². The van der Waals surface area contributed by atoms with E-state index in [2.05, 4.69) is 15.6 Å². The molecule has 0 unspecified atom stereocenters. The molecule has 0 bridgehead atoms. The Morgan fingerprint density at radius 1 is 1.00 bits per heavy atom. The molecular weight excluding hydrogens is 410 g/mol. The standard InChI is InChI=1S/C21H18ClN3O3S/c1-28-17-7-2-14(3-8-17)21(27)24-16-5-9-18(10-6-16)29-13-20(26)25-19-11-4-15(22)12-23-19/h2-12H,13H2,1H3,(H,24,27)(H,23,25,26). The first-order valence-corrected chi connectivity index (χ1v) is 9.99. The molecule has 3 rings (SSSR count). The molecule has 0 saturated carbocycles. The lowest BCUT2D eigenvalue weighted by Gasteiger charge is -2.08. The number of carbonyl (C=O) groups is 2. The van der Waals surface area contributed by atoms with Crippen molar-refractivity contribution in [2.24, 2.45) is 0 Å². The number of ether oxygens (including phenoxy) is 1. The van der Waals surface area contributed by atoms with Crippen molar-refractivity contribution < 1.29 is 14.3 Å². The Morgan fingerprint density at radius 3 is 2.34 bits per heavy atom. The number of benzene rings is 2. The van der Waals surface area contributed by atoms with E-state index in [-0.39, 0.29) is 17.6 Å². The zero-order chi connectivity index (χ0) is 20.6. The first-order chi connectivity index (χ1) is 14.0. The van der Waals surface area contributed by atoms with Gasteiger partial charge < -0.3 is 15.4 Å². The number of aromatic nitrogens is 1. The minimum Gasteiger partial charge on any atom is -0.497 e. The van der Waals surface area contributed by atoms with Gasteiger partial charge in [0.15, 0.2) is 0 Å². The molecule has 0 fully saturated rings. The summed E-state index contributed by atoms with van der Waals surface area (Å²) >= 11 is 7.16. The van der Waals surface area contributed by atoms with Crippen molar-refractivity contribution in [1.29, 1.82) is 0 Å². The predicted octanol–water partition coefficient (Wildman–Crippen LogP) is 4.73. The molecule has 0 atom stereocenters. The molecule has 0 aliphatic heterocycles. The molecule has 6 nitrogen and oxygen atoms in total. The van der Waals surface area contributed by atoms with Crippen LogP contribution >= 0.6 is 23.4 Å². The van der Waals surface area contributed by atoms with Crippen LogP contribution in [0.15, 0.2) is 71.8 Å². The zero-order valence-corrected chi connectivity index (χ0v) is 17.1. The maximum atomic E-state index is 12.3. The van der Waals surface area contributed by atoms with Crippen molar-refractivity contribution in [2.45, 2.75) is 4.90 Å². The summed E-state index contributed by atoms with van der Waals surface area (Å²) in [5.41, 5.74) is 1.21. The molecular formula is C21H18ClN3O3S. The lowest BCUT2D eigenvalue weighted by Crippen LogP contribution is -2.14. The normalized spacial score (nSPS) is 10.3. The molecule has 0 spiro atoms. The van der Waals surface area contributed by atoms with E-state index in [4.69, 9.17) is 16.3 Å². The van der Waals surface area contributed by atoms with Crippen LogP contribution in [0.3, 0.4) is 0 Å². The second-order valence-corrected chi connectivity index (χ2v) is 7.39. The molecule has 2 amide bonds. The molecule has 0 aliphatic rings. The number of anilines is 2. The van der Waals surface area contributed by atoms with Crippen molar-refractivity contribution in [3.05, 3.63) is 77.4 Å². The molecule has 1 aromatic heterocycles. The van der Waals surface area contributed by atoms with E-state index in [0.717, 1.165) is 4.90 Å². The van der Waals surface area contributed by atoms with Gasteiger partial charge in [0, 0.05) is 22.3 Å². The Balaban J connectivity index is 1.49. The Morgan fingerprint density at radius 2 is 1.72 bits per heavy atom. The van der Waals surface area contributed by atoms with E-state index in [1.807, 2.05) is 12.1 Å². The SMILES string of the molecule is COc1ccc(C(=O)Nc2ccc(SCC(=O)Nc3ccc(Cl)cn3)cc2)cc1. The number of hydrogen-bond donors (Lipinski definition) is 2. The van der Waals surface area contributed by atoms with Crippen LogP contribution in [0, 0.1) is 0 Å². The Bertz CT molecular complexity index is 978. The highest BCUT2D eigenvalue weighted by molar-refractivity contribution is 8.00. The van der Waals surface area contributed by atoms with E-state index < -0.39 is 0 Å². The van der Waals surface area contributed by atoms with E-state index in [0.29, 0.717) is 27.8 Å². The number of methoxy groups -OCH3 is 1. The summed E-state index contributed by atoms with van der Waals surface area (Å²) < 4.78 is 5.09. The van der Waals surface area contributed by atoms with E-state index in [1.165, 1.54) is 18.0 Å². The largest absolute Gasteiger partial charge is 0.497 e. The molecule has 0 aliphatic carbocycles. The highest BCUT2D eigenvalue weighted by Crippen LogP contribution is 2.21. The van der Waals surface area contributed by atoms with Crippen molar-refractivity contribution in [2.75, 3.05) is 23.5 Å². The summed E-state index contributed by atoms with van der Waals surface area (Å²) in [6, 6.07) is 17.5. The topological polar surface area (TPSA) is 80.3 Å². The van der Waals surface area contributed by atoms with Crippen molar-refractivity contribution >= 4 is 46.7 Å². The van der Waals surface area contributed by atoms with Gasteiger partial charge in [-0.1, -0.05) is 11.6 Å². The average Bonchev–Trinajstić information content (AvgIpc) is 2.75. The van der Waals surface area contributed by atoms with Gasteiger partial charge in [-0.25, -0.2) is 4.98 Å². The molecule has 3 aromatic rings. The first-order valence-electron chi connectivity index (χ1n) is 8.63. The Labute approximate surface area is 177 Å². The number of thioether (sulfide) groups is 1. The number of nitrogens with one attached hydrogen (secondary N) is 2. The van der Waals surface area contributed by atoms with Crippen LogP contribution in [-0.2, 0) is 4.79 Å². The molecule has 148 valence electrons. The van der Waals surface area contributed by atoms with Gasteiger partial charge in [0.1, 0.15) is 11.6 Å². The van der Waals surface area contributed by atoms with Gasteiger partial charge in [0.2, 0.25) is 5.91 Å². The van der Waals surface area contributed by atoms with Crippen LogP contribution in [0.2, 0.25) is 5.02 Å². The van der Waals surface area contributed by atoms with Gasteiger partial charge in [-0.2, -0.15) is 0 Å². The minimum atomic E-state index is -0.206. The predicted molar refractivity (Wildman–Crippen MR) is 116 cm³/mol. The molecule has 2 aromatic carbocycles. The smallest absolute Gasteiger partial charge is 0.255 e. The van der Waals surface area contributed by atoms with E-state index >= 15 is 0 Å². The summed E-state index contributed by atoms with van der Waals surface area (Å²) in [5, 5.41) is 6.06. The number of halogens is 1. The third kappa shape index (κ3) is 6.23. The zero-order valence-electron chi connectivity index (χ0n) is 15.5. The number of amides is 2. The molecule has 2 N–H and O–H groups in total. The van der Waals surface area contributed by atoms with Crippen LogP contribution in [0.1, 0.15) is 10.4 Å². The van der Waals surface area contributed by atoms with E-state index in [1.54, 1.807) is 55.6 Å². The number of rotatable bonds is 7. The van der Waals surface area contributed by atoms with Crippen molar-refractivity contribution in [1.82, 2.24) is 4.98 Å². The van der Waals surface area contributed by atoms with Gasteiger partial charge in [0.25, 0.3) is 5.91 Å². The fourth-order valence-corrected chi connectivity index (χ4v) is 3.17. The number of carbonyl (C=O) groups excluding carboxylic acids is 2. The van der Waals surface area contributed by atoms with Crippen LogP contribution in [0.4, 0.5) is 11.5 Å². The number of hydrogen-bond acceptors (Lipinski definition) is 5. The average molecular weight is 428 g/mol. The van der Waals surface area contributed by atoms with Gasteiger partial charge >= 0.3 is 0 Å². The monoisotopic (exact) mass is 427 g/mol. The van der Waals surface area contributed by atoms with Crippen LogP contribution in [0.5, 0.6) is 5.75 Å². The molecule has 29 heavy (non-hydrogen) atoms. The highest BCUT2D eigenvalue weighted by Gasteiger charge is 2.08.